The number of hydrogen-bond donors (Lipinski definition) is 2. The predicted octanol–water partition coefficient (Wildman–Crippen LogP) is 5.08. The summed E-state index contributed by atoms with van der Waals surface area (Å²) in [5.41, 5.74) is 13.4. The van der Waals surface area contributed by atoms with Gasteiger partial charge in [-0.3, -0.25) is 9.20 Å². The van der Waals surface area contributed by atoms with Crippen molar-refractivity contribution in [2.45, 2.75) is 31.7 Å². The van der Waals surface area contributed by atoms with Crippen LogP contribution in [-0.4, -0.2) is 44.3 Å². The van der Waals surface area contributed by atoms with Gasteiger partial charge in [-0.2, -0.15) is 0 Å². The second-order valence-corrected chi connectivity index (χ2v) is 10.5. The maximum atomic E-state index is 12.8. The molecular formula is C31H31N7O. The SMILES string of the molecule is Cc1nc2cc(CN(C)C)ccn2c1-c1ccnc(C2(c3ccc(C(=O)Nc4ccccc4N)cc3)CC2)n1. The number of nitrogens with one attached hydrogen (secondary N) is 1. The molecule has 0 aliphatic heterocycles. The summed E-state index contributed by atoms with van der Waals surface area (Å²) >= 11 is 0. The van der Waals surface area contributed by atoms with E-state index in [0.29, 0.717) is 16.9 Å². The Hall–Kier alpha value is -4.56. The summed E-state index contributed by atoms with van der Waals surface area (Å²) < 4.78 is 2.10. The molecule has 0 spiro atoms. The molecule has 0 unspecified atom stereocenters. The third-order valence-electron chi connectivity index (χ3n) is 7.35. The van der Waals surface area contributed by atoms with Gasteiger partial charge in [-0.15, -0.1) is 0 Å². The number of carbonyl (C=O) groups excluding carboxylic acids is 1. The van der Waals surface area contributed by atoms with Gasteiger partial charge in [0.05, 0.1) is 33.9 Å². The van der Waals surface area contributed by atoms with Gasteiger partial charge >= 0.3 is 0 Å². The normalized spacial score (nSPS) is 14.1. The Morgan fingerprint density at radius 1 is 1.05 bits per heavy atom. The average Bonchev–Trinajstić information content (AvgIpc) is 3.67. The Morgan fingerprint density at radius 2 is 1.82 bits per heavy atom. The highest BCUT2D eigenvalue weighted by molar-refractivity contribution is 6.05. The lowest BCUT2D eigenvalue weighted by Crippen LogP contribution is -2.16. The van der Waals surface area contributed by atoms with Gasteiger partial charge in [0.25, 0.3) is 5.91 Å². The van der Waals surface area contributed by atoms with Gasteiger partial charge in [-0.1, -0.05) is 24.3 Å². The van der Waals surface area contributed by atoms with Gasteiger partial charge in [0.1, 0.15) is 11.5 Å². The van der Waals surface area contributed by atoms with E-state index in [1.54, 1.807) is 12.1 Å². The minimum Gasteiger partial charge on any atom is -0.397 e. The van der Waals surface area contributed by atoms with Crippen LogP contribution in [0.1, 0.15) is 45.8 Å². The minimum atomic E-state index is -0.248. The molecule has 5 aromatic rings. The number of fused-ring (bicyclic) bond motifs is 1. The van der Waals surface area contributed by atoms with Crippen molar-refractivity contribution in [3.05, 3.63) is 107 Å². The average molecular weight is 518 g/mol. The summed E-state index contributed by atoms with van der Waals surface area (Å²) in [5, 5.41) is 2.89. The highest BCUT2D eigenvalue weighted by Crippen LogP contribution is 2.52. The summed E-state index contributed by atoms with van der Waals surface area (Å²) in [6, 6.07) is 21.2. The molecule has 2 aromatic carbocycles. The fourth-order valence-electron chi connectivity index (χ4n) is 5.21. The molecule has 0 radical (unpaired) electrons. The molecule has 1 aliphatic carbocycles. The largest absolute Gasteiger partial charge is 0.397 e. The van der Waals surface area contributed by atoms with E-state index in [1.807, 2.05) is 55.6 Å². The number of pyridine rings is 1. The maximum Gasteiger partial charge on any atom is 0.255 e. The Morgan fingerprint density at radius 3 is 2.54 bits per heavy atom. The Bertz CT molecular complexity index is 1680. The standard InChI is InChI=1S/C31H31N7O/c1-20-28(38-17-13-21(19-37(2)3)18-27(38)34-20)26-12-16-33-30(36-26)31(14-15-31)23-10-8-22(9-11-23)29(39)35-25-7-5-4-6-24(25)32/h4-13,16-18H,14-15,19,32H2,1-3H3,(H,35,39). The minimum absolute atomic E-state index is 0.195. The highest BCUT2D eigenvalue weighted by atomic mass is 16.1. The van der Waals surface area contributed by atoms with Crippen LogP contribution in [0, 0.1) is 6.92 Å². The van der Waals surface area contributed by atoms with E-state index in [9.17, 15) is 4.79 Å². The van der Waals surface area contributed by atoms with Crippen LogP contribution in [0.15, 0.2) is 79.1 Å². The summed E-state index contributed by atoms with van der Waals surface area (Å²) in [7, 11) is 4.12. The topological polar surface area (TPSA) is 101 Å². The van der Waals surface area contributed by atoms with E-state index in [-0.39, 0.29) is 11.3 Å². The van der Waals surface area contributed by atoms with E-state index >= 15 is 0 Å². The van der Waals surface area contributed by atoms with E-state index in [1.165, 1.54) is 5.56 Å². The number of hydrogen-bond acceptors (Lipinski definition) is 6. The first-order valence-electron chi connectivity index (χ1n) is 13.1. The van der Waals surface area contributed by atoms with Crippen LogP contribution in [0.3, 0.4) is 0 Å². The van der Waals surface area contributed by atoms with Crippen LogP contribution in [-0.2, 0) is 12.0 Å². The molecule has 3 aromatic heterocycles. The second-order valence-electron chi connectivity index (χ2n) is 10.5. The number of nitrogens with two attached hydrogens (primary N) is 1. The van der Waals surface area contributed by atoms with Crippen molar-refractivity contribution in [1.29, 1.82) is 0 Å². The van der Waals surface area contributed by atoms with Crippen molar-refractivity contribution < 1.29 is 4.79 Å². The molecule has 0 atom stereocenters. The lowest BCUT2D eigenvalue weighted by atomic mass is 9.93. The first kappa shape index (κ1) is 24.8. The molecule has 3 heterocycles. The van der Waals surface area contributed by atoms with Crippen LogP contribution < -0.4 is 11.1 Å². The molecule has 0 saturated heterocycles. The van der Waals surface area contributed by atoms with Gasteiger partial charge in [-0.05, 0) is 87.5 Å². The third kappa shape index (κ3) is 4.64. The molecule has 1 saturated carbocycles. The lowest BCUT2D eigenvalue weighted by molar-refractivity contribution is 0.102. The number of para-hydroxylation sites is 2. The van der Waals surface area contributed by atoms with E-state index in [0.717, 1.165) is 53.5 Å². The summed E-state index contributed by atoms with van der Waals surface area (Å²) in [4.78, 5) is 29.5. The molecule has 1 amide bonds. The molecule has 1 fully saturated rings. The smallest absolute Gasteiger partial charge is 0.255 e. The van der Waals surface area contributed by atoms with Crippen molar-refractivity contribution in [3.8, 4) is 11.4 Å². The van der Waals surface area contributed by atoms with Gasteiger partial charge in [-0.25, -0.2) is 15.0 Å². The Labute approximate surface area is 227 Å². The van der Waals surface area contributed by atoms with Crippen LogP contribution in [0.2, 0.25) is 0 Å². The van der Waals surface area contributed by atoms with Gasteiger partial charge < -0.3 is 16.0 Å². The fraction of sp³-hybridized carbons (Fsp3) is 0.226. The van der Waals surface area contributed by atoms with Crippen LogP contribution in [0.5, 0.6) is 0 Å². The molecule has 8 nitrogen and oxygen atoms in total. The molecule has 6 rings (SSSR count). The second kappa shape index (κ2) is 9.63. The van der Waals surface area contributed by atoms with Crippen molar-refractivity contribution in [2.24, 2.45) is 0 Å². The number of carbonyl (C=O) groups is 1. The van der Waals surface area contributed by atoms with Gasteiger partial charge in [0, 0.05) is 24.5 Å². The predicted molar refractivity (Wildman–Crippen MR) is 154 cm³/mol. The number of anilines is 2. The zero-order valence-electron chi connectivity index (χ0n) is 22.3. The Kier molecular flexibility index (Phi) is 6.12. The molecule has 196 valence electrons. The van der Waals surface area contributed by atoms with Crippen molar-refractivity contribution in [2.75, 3.05) is 25.1 Å². The molecule has 0 bridgehead atoms. The van der Waals surface area contributed by atoms with E-state index < -0.39 is 0 Å². The monoisotopic (exact) mass is 517 g/mol. The van der Waals surface area contributed by atoms with E-state index in [4.69, 9.17) is 20.7 Å². The number of aromatic nitrogens is 4. The quantitative estimate of drug-likeness (QED) is 0.292. The first-order chi connectivity index (χ1) is 18.8. The third-order valence-corrected chi connectivity index (χ3v) is 7.35. The molecule has 39 heavy (non-hydrogen) atoms. The number of rotatable bonds is 7. The van der Waals surface area contributed by atoms with Crippen LogP contribution in [0.4, 0.5) is 11.4 Å². The van der Waals surface area contributed by atoms with Crippen molar-refractivity contribution in [3.63, 3.8) is 0 Å². The Balaban J connectivity index is 1.28. The first-order valence-corrected chi connectivity index (χ1v) is 13.1. The fourth-order valence-corrected chi connectivity index (χ4v) is 5.21. The van der Waals surface area contributed by atoms with Crippen LogP contribution in [0.25, 0.3) is 17.0 Å². The van der Waals surface area contributed by atoms with Crippen molar-refractivity contribution in [1.82, 2.24) is 24.3 Å². The van der Waals surface area contributed by atoms with Crippen molar-refractivity contribution >= 4 is 22.9 Å². The maximum absolute atomic E-state index is 12.8. The summed E-state index contributed by atoms with van der Waals surface area (Å²) in [6.45, 7) is 2.88. The summed E-state index contributed by atoms with van der Waals surface area (Å²) in [6.07, 6.45) is 5.83. The zero-order chi connectivity index (χ0) is 27.1. The molecule has 3 N–H and O–H groups in total. The van der Waals surface area contributed by atoms with Gasteiger partial charge in [0.2, 0.25) is 0 Å². The van der Waals surface area contributed by atoms with Crippen LogP contribution >= 0.6 is 0 Å². The zero-order valence-corrected chi connectivity index (χ0v) is 22.3. The van der Waals surface area contributed by atoms with Gasteiger partial charge in [0.15, 0.2) is 0 Å². The molecule has 1 aliphatic rings. The number of nitrogen functional groups attached to an aromatic ring is 1. The molecule has 8 heteroatoms. The molecular weight excluding hydrogens is 486 g/mol. The number of benzene rings is 2. The van der Waals surface area contributed by atoms with E-state index in [2.05, 4.69) is 47.0 Å². The number of imidazole rings is 1. The lowest BCUT2D eigenvalue weighted by Gasteiger charge is -2.16. The number of aryl methyl sites for hydroxylation is 1. The number of nitrogens with zero attached hydrogens (tertiary/aromatic N) is 5. The summed E-state index contributed by atoms with van der Waals surface area (Å²) in [5.74, 6) is 0.604. The highest BCUT2D eigenvalue weighted by Gasteiger charge is 2.48. The number of amides is 1.